The highest BCUT2D eigenvalue weighted by Crippen LogP contribution is 2.26. The number of amides is 1. The minimum atomic E-state index is -3.66. The quantitative estimate of drug-likeness (QED) is 0.588. The Kier molecular flexibility index (Phi) is 7.81. The molecule has 0 spiro atoms. The summed E-state index contributed by atoms with van der Waals surface area (Å²) in [7, 11) is -3.66. The van der Waals surface area contributed by atoms with Gasteiger partial charge in [0.25, 0.3) is 5.91 Å². The Morgan fingerprint density at radius 3 is 2.30 bits per heavy atom. The molecule has 3 rings (SSSR count). The lowest BCUT2D eigenvalue weighted by Gasteiger charge is -2.34. The summed E-state index contributed by atoms with van der Waals surface area (Å²) in [6, 6.07) is 8.26. The molecule has 1 aromatic heterocycles. The zero-order valence-electron chi connectivity index (χ0n) is 17.0. The third kappa shape index (κ3) is 5.18. The number of carbonyl (C=O) groups is 1. The molecular weight excluding hydrogens is 465 g/mol. The molecule has 2 heterocycles. The van der Waals surface area contributed by atoms with Crippen molar-refractivity contribution in [1.29, 1.82) is 0 Å². The van der Waals surface area contributed by atoms with E-state index in [1.807, 2.05) is 12.1 Å². The molecule has 0 bridgehead atoms. The first-order chi connectivity index (χ1) is 14.3. The van der Waals surface area contributed by atoms with Gasteiger partial charge in [0.15, 0.2) is 0 Å². The van der Waals surface area contributed by atoms with E-state index < -0.39 is 10.0 Å². The van der Waals surface area contributed by atoms with Gasteiger partial charge in [-0.1, -0.05) is 37.0 Å². The van der Waals surface area contributed by atoms with Gasteiger partial charge in [-0.25, -0.2) is 8.42 Å². The van der Waals surface area contributed by atoms with Gasteiger partial charge in [-0.15, -0.1) is 11.3 Å². The lowest BCUT2D eigenvalue weighted by Crippen LogP contribution is -2.48. The Morgan fingerprint density at radius 2 is 1.73 bits per heavy atom. The number of hydrogen-bond acceptors (Lipinski definition) is 5. The highest BCUT2D eigenvalue weighted by Gasteiger charge is 2.27. The van der Waals surface area contributed by atoms with Crippen LogP contribution in [0.25, 0.3) is 0 Å². The lowest BCUT2D eigenvalue weighted by atomic mass is 10.1. The van der Waals surface area contributed by atoms with Gasteiger partial charge in [-0.3, -0.25) is 9.69 Å². The second-order valence-electron chi connectivity index (χ2n) is 7.01. The third-order valence-corrected chi connectivity index (χ3v) is 8.77. The lowest BCUT2D eigenvalue weighted by molar-refractivity contribution is 0.0629. The number of rotatable bonds is 7. The zero-order valence-corrected chi connectivity index (χ0v) is 20.1. The maximum absolute atomic E-state index is 13.1. The number of nitrogens with zero attached hydrogens (tertiary/aromatic N) is 3. The van der Waals surface area contributed by atoms with Gasteiger partial charge < -0.3 is 4.90 Å². The van der Waals surface area contributed by atoms with Crippen molar-refractivity contribution in [2.75, 3.05) is 39.3 Å². The predicted molar refractivity (Wildman–Crippen MR) is 122 cm³/mol. The fourth-order valence-electron chi connectivity index (χ4n) is 3.48. The first-order valence-electron chi connectivity index (χ1n) is 9.81. The molecule has 1 saturated heterocycles. The summed E-state index contributed by atoms with van der Waals surface area (Å²) < 4.78 is 27.8. The Bertz CT molecular complexity index is 998. The number of carbonyl (C=O) groups excluding carboxylic acids is 1. The number of piperazine rings is 1. The van der Waals surface area contributed by atoms with Crippen molar-refractivity contribution in [3.63, 3.8) is 0 Å². The Morgan fingerprint density at radius 1 is 1.07 bits per heavy atom. The summed E-state index contributed by atoms with van der Waals surface area (Å²) in [5.41, 5.74) is 0.225. The molecule has 0 atom stereocenters. The fourth-order valence-corrected chi connectivity index (χ4v) is 6.29. The van der Waals surface area contributed by atoms with E-state index in [0.717, 1.165) is 24.0 Å². The van der Waals surface area contributed by atoms with Gasteiger partial charge in [0.1, 0.15) is 0 Å². The largest absolute Gasteiger partial charge is 0.336 e. The van der Waals surface area contributed by atoms with Gasteiger partial charge in [0.05, 0.1) is 19.8 Å². The summed E-state index contributed by atoms with van der Waals surface area (Å²) in [6.07, 6.45) is 0. The van der Waals surface area contributed by atoms with Gasteiger partial charge >= 0.3 is 0 Å². The van der Waals surface area contributed by atoms with Gasteiger partial charge in [0, 0.05) is 50.7 Å². The molecule has 0 N–H and O–H groups in total. The van der Waals surface area contributed by atoms with Crippen LogP contribution in [0.3, 0.4) is 0 Å². The molecule has 1 fully saturated rings. The predicted octanol–water partition coefficient (Wildman–Crippen LogP) is 4.04. The summed E-state index contributed by atoms with van der Waals surface area (Å²) in [5, 5.41) is 0.258. The smallest absolute Gasteiger partial charge is 0.255 e. The minimum Gasteiger partial charge on any atom is -0.336 e. The molecule has 1 amide bonds. The number of benzene rings is 1. The van der Waals surface area contributed by atoms with Gasteiger partial charge in [-0.05, 0) is 30.3 Å². The van der Waals surface area contributed by atoms with Crippen LogP contribution in [-0.2, 0) is 16.6 Å². The highest BCUT2D eigenvalue weighted by atomic mass is 35.5. The normalized spacial score (nSPS) is 15.7. The molecule has 30 heavy (non-hydrogen) atoms. The maximum Gasteiger partial charge on any atom is 0.255 e. The molecule has 1 aromatic carbocycles. The van der Waals surface area contributed by atoms with E-state index in [4.69, 9.17) is 23.2 Å². The molecular formula is C20H25Cl2N3O3S2. The number of thiophene rings is 1. The van der Waals surface area contributed by atoms with Crippen molar-refractivity contribution >= 4 is 50.5 Å². The average Bonchev–Trinajstić information content (AvgIpc) is 3.13. The monoisotopic (exact) mass is 489 g/mol. The van der Waals surface area contributed by atoms with Crippen LogP contribution in [0.4, 0.5) is 0 Å². The number of hydrogen-bond donors (Lipinski definition) is 0. The molecule has 2 aromatic rings. The first-order valence-corrected chi connectivity index (χ1v) is 12.8. The molecule has 0 unspecified atom stereocenters. The summed E-state index contributed by atoms with van der Waals surface area (Å²) in [5.74, 6) is -0.240. The zero-order chi connectivity index (χ0) is 21.9. The standard InChI is InChI=1S/C20H25Cl2N3O3S2/c1-3-25(4-2)30(27,28)16-6-7-18(21)17(13-16)20(26)24-11-9-23(10-12-24)14-15-5-8-19(22)29-15/h5-8,13H,3-4,9-12,14H2,1-2H3. The summed E-state index contributed by atoms with van der Waals surface area (Å²) in [6.45, 7) is 7.68. The van der Waals surface area contributed by atoms with Crippen LogP contribution in [-0.4, -0.2) is 67.7 Å². The second kappa shape index (κ2) is 9.97. The van der Waals surface area contributed by atoms with Crippen LogP contribution in [0.5, 0.6) is 0 Å². The summed E-state index contributed by atoms with van der Waals surface area (Å²) in [4.78, 5) is 18.4. The van der Waals surface area contributed by atoms with Crippen molar-refractivity contribution < 1.29 is 13.2 Å². The van der Waals surface area contributed by atoms with Crippen LogP contribution in [0.2, 0.25) is 9.36 Å². The van der Waals surface area contributed by atoms with E-state index in [-0.39, 0.29) is 21.4 Å². The summed E-state index contributed by atoms with van der Waals surface area (Å²) >= 11 is 13.8. The van der Waals surface area contributed by atoms with E-state index in [1.54, 1.807) is 30.1 Å². The van der Waals surface area contributed by atoms with Crippen molar-refractivity contribution in [2.24, 2.45) is 0 Å². The van der Waals surface area contributed by atoms with Crippen molar-refractivity contribution in [3.05, 3.63) is 50.1 Å². The third-order valence-electron chi connectivity index (χ3n) is 5.18. The molecule has 0 radical (unpaired) electrons. The van der Waals surface area contributed by atoms with E-state index >= 15 is 0 Å². The average molecular weight is 490 g/mol. The molecule has 0 saturated carbocycles. The first kappa shape index (κ1) is 23.5. The molecule has 164 valence electrons. The van der Waals surface area contributed by atoms with E-state index in [0.29, 0.717) is 26.2 Å². The van der Waals surface area contributed by atoms with E-state index in [1.165, 1.54) is 27.4 Å². The molecule has 10 heteroatoms. The van der Waals surface area contributed by atoms with Crippen LogP contribution >= 0.6 is 34.5 Å². The minimum absolute atomic E-state index is 0.0900. The van der Waals surface area contributed by atoms with Crippen molar-refractivity contribution in [1.82, 2.24) is 14.1 Å². The van der Waals surface area contributed by atoms with Crippen molar-refractivity contribution in [3.8, 4) is 0 Å². The highest BCUT2D eigenvalue weighted by molar-refractivity contribution is 7.89. The Balaban J connectivity index is 1.71. The maximum atomic E-state index is 13.1. The van der Waals surface area contributed by atoms with E-state index in [2.05, 4.69) is 4.90 Å². The SMILES string of the molecule is CCN(CC)S(=O)(=O)c1ccc(Cl)c(C(=O)N2CCN(Cc3ccc(Cl)s3)CC2)c1. The topological polar surface area (TPSA) is 60.9 Å². The Labute approximate surface area is 192 Å². The number of sulfonamides is 1. The number of halogens is 2. The van der Waals surface area contributed by atoms with Crippen LogP contribution in [0.1, 0.15) is 29.1 Å². The van der Waals surface area contributed by atoms with Crippen molar-refractivity contribution in [2.45, 2.75) is 25.3 Å². The molecule has 0 aliphatic carbocycles. The second-order valence-corrected chi connectivity index (χ2v) is 11.1. The molecule has 1 aliphatic rings. The van der Waals surface area contributed by atoms with Gasteiger partial charge in [0.2, 0.25) is 10.0 Å². The van der Waals surface area contributed by atoms with E-state index in [9.17, 15) is 13.2 Å². The van der Waals surface area contributed by atoms with Crippen LogP contribution < -0.4 is 0 Å². The molecule has 6 nitrogen and oxygen atoms in total. The molecule has 1 aliphatic heterocycles. The van der Waals surface area contributed by atoms with Crippen LogP contribution in [0, 0.1) is 0 Å². The fraction of sp³-hybridized carbons (Fsp3) is 0.450. The Hall–Kier alpha value is -1.16. The van der Waals surface area contributed by atoms with Crippen LogP contribution in [0.15, 0.2) is 35.2 Å². The van der Waals surface area contributed by atoms with Gasteiger partial charge in [-0.2, -0.15) is 4.31 Å².